The second-order valence-electron chi connectivity index (χ2n) is 7.04. The van der Waals surface area contributed by atoms with Crippen LogP contribution in [-0.4, -0.2) is 34.1 Å². The molecule has 3 atom stereocenters. The van der Waals surface area contributed by atoms with Gasteiger partial charge in [-0.2, -0.15) is 0 Å². The second-order valence-corrected chi connectivity index (χ2v) is 7.04. The zero-order chi connectivity index (χ0) is 19.4. The summed E-state index contributed by atoms with van der Waals surface area (Å²) in [6, 6.07) is 7.69. The minimum absolute atomic E-state index is 0.193. The number of carbonyl (C=O) groups excluding carboxylic acids is 1. The third kappa shape index (κ3) is 2.32. The van der Waals surface area contributed by atoms with E-state index >= 15 is 0 Å². The fraction of sp³-hybridized carbons (Fsp3) is 0.381. The maximum absolute atomic E-state index is 12.6. The average Bonchev–Trinajstić information content (AvgIpc) is 3.30. The molecule has 3 aliphatic rings. The summed E-state index contributed by atoms with van der Waals surface area (Å²) in [5.41, 5.74) is 2.87. The van der Waals surface area contributed by atoms with Gasteiger partial charge in [-0.1, -0.05) is 0 Å². The van der Waals surface area contributed by atoms with Gasteiger partial charge in [-0.3, -0.25) is 4.79 Å². The van der Waals surface area contributed by atoms with Gasteiger partial charge in [0.15, 0.2) is 23.0 Å². The molecular weight excluding hydrogens is 364 g/mol. The van der Waals surface area contributed by atoms with E-state index in [1.165, 1.54) is 0 Å². The summed E-state index contributed by atoms with van der Waals surface area (Å²) < 4.78 is 33.2. The van der Waals surface area contributed by atoms with Gasteiger partial charge >= 0.3 is 5.97 Å². The van der Waals surface area contributed by atoms with Crippen LogP contribution in [0, 0.1) is 5.92 Å². The quantitative estimate of drug-likeness (QED) is 0.750. The molecule has 1 fully saturated rings. The lowest BCUT2D eigenvalue weighted by molar-refractivity contribution is -0.144. The molecular formula is C21H20O7. The van der Waals surface area contributed by atoms with Gasteiger partial charge in [0.25, 0.3) is 0 Å². The fourth-order valence-electron chi connectivity index (χ4n) is 4.50. The first-order chi connectivity index (χ1) is 13.6. The summed E-state index contributed by atoms with van der Waals surface area (Å²) in [7, 11) is 4.72. The molecule has 1 aliphatic carbocycles. The number of ether oxygens (including phenoxy) is 6. The third-order valence-electron chi connectivity index (χ3n) is 5.74. The minimum atomic E-state index is -0.277. The number of fused-ring (bicyclic) bond motifs is 5. The molecule has 3 unspecified atom stereocenters. The molecule has 5 rings (SSSR count). The summed E-state index contributed by atoms with van der Waals surface area (Å²) in [5, 5.41) is 0. The topological polar surface area (TPSA) is 72.5 Å². The molecule has 7 heteroatoms. The molecule has 2 aliphatic heterocycles. The van der Waals surface area contributed by atoms with Crippen molar-refractivity contribution in [3.05, 3.63) is 41.0 Å². The van der Waals surface area contributed by atoms with Crippen molar-refractivity contribution >= 4 is 5.97 Å². The highest BCUT2D eigenvalue weighted by Gasteiger charge is 2.48. The Morgan fingerprint density at radius 3 is 2.14 bits per heavy atom. The Morgan fingerprint density at radius 2 is 1.54 bits per heavy atom. The number of esters is 1. The van der Waals surface area contributed by atoms with Crippen LogP contribution in [0.2, 0.25) is 0 Å². The zero-order valence-electron chi connectivity index (χ0n) is 15.8. The van der Waals surface area contributed by atoms with E-state index in [2.05, 4.69) is 0 Å². The van der Waals surface area contributed by atoms with E-state index in [-0.39, 0.29) is 30.7 Å². The molecule has 0 amide bonds. The number of rotatable bonds is 4. The first-order valence-corrected chi connectivity index (χ1v) is 9.08. The van der Waals surface area contributed by atoms with E-state index in [1.54, 1.807) is 21.3 Å². The Balaban J connectivity index is 1.71. The molecule has 0 saturated carbocycles. The van der Waals surface area contributed by atoms with Crippen molar-refractivity contribution in [2.24, 2.45) is 5.92 Å². The predicted molar refractivity (Wildman–Crippen MR) is 97.4 cm³/mol. The molecule has 0 aromatic heterocycles. The Kier molecular flexibility index (Phi) is 3.79. The molecule has 146 valence electrons. The van der Waals surface area contributed by atoms with Crippen molar-refractivity contribution in [2.45, 2.75) is 18.4 Å². The van der Waals surface area contributed by atoms with Gasteiger partial charge in [-0.15, -0.1) is 0 Å². The van der Waals surface area contributed by atoms with Crippen LogP contribution in [-0.2, 0) is 9.53 Å². The van der Waals surface area contributed by atoms with Crippen molar-refractivity contribution in [3.8, 4) is 28.7 Å². The molecule has 0 radical (unpaired) electrons. The lowest BCUT2D eigenvalue weighted by Gasteiger charge is -2.29. The van der Waals surface area contributed by atoms with Crippen LogP contribution >= 0.6 is 0 Å². The number of hydrogen-bond acceptors (Lipinski definition) is 7. The largest absolute Gasteiger partial charge is 0.493 e. The van der Waals surface area contributed by atoms with Crippen LogP contribution in [0.3, 0.4) is 0 Å². The van der Waals surface area contributed by atoms with Crippen molar-refractivity contribution in [2.75, 3.05) is 28.1 Å². The molecule has 0 N–H and O–H groups in total. The lowest BCUT2D eigenvalue weighted by Crippen LogP contribution is -2.22. The van der Waals surface area contributed by atoms with Gasteiger partial charge in [0.1, 0.15) is 6.10 Å². The van der Waals surface area contributed by atoms with Gasteiger partial charge in [0.2, 0.25) is 12.5 Å². The Morgan fingerprint density at radius 1 is 0.893 bits per heavy atom. The molecule has 1 saturated heterocycles. The van der Waals surface area contributed by atoms with Crippen LogP contribution in [0.25, 0.3) is 0 Å². The van der Waals surface area contributed by atoms with Gasteiger partial charge in [-0.05, 0) is 35.4 Å². The van der Waals surface area contributed by atoms with E-state index in [0.717, 1.165) is 16.7 Å². The molecule has 2 aromatic rings. The second kappa shape index (κ2) is 6.22. The maximum Gasteiger partial charge on any atom is 0.310 e. The van der Waals surface area contributed by atoms with Crippen molar-refractivity contribution in [1.29, 1.82) is 0 Å². The molecule has 2 bridgehead atoms. The summed E-state index contributed by atoms with van der Waals surface area (Å²) >= 11 is 0. The Hall–Kier alpha value is -3.09. The van der Waals surface area contributed by atoms with Gasteiger partial charge in [-0.25, -0.2) is 0 Å². The van der Waals surface area contributed by atoms with Gasteiger partial charge in [0, 0.05) is 17.9 Å². The van der Waals surface area contributed by atoms with E-state index in [1.807, 2.05) is 24.3 Å². The van der Waals surface area contributed by atoms with E-state index < -0.39 is 0 Å². The molecule has 2 aromatic carbocycles. The number of benzene rings is 2. The SMILES string of the molecule is COc1cc(C2c3cc4c(cc3C3CC2C(=O)O3)OCO4)cc(OC)c1OC. The zero-order valence-corrected chi connectivity index (χ0v) is 15.8. The van der Waals surface area contributed by atoms with E-state index in [9.17, 15) is 4.79 Å². The van der Waals surface area contributed by atoms with Crippen LogP contribution in [0.5, 0.6) is 28.7 Å². The molecule has 7 nitrogen and oxygen atoms in total. The number of methoxy groups -OCH3 is 3. The van der Waals surface area contributed by atoms with Crippen LogP contribution < -0.4 is 23.7 Å². The molecule has 28 heavy (non-hydrogen) atoms. The molecule has 2 heterocycles. The van der Waals surface area contributed by atoms with Crippen molar-refractivity contribution < 1.29 is 33.2 Å². The highest BCUT2D eigenvalue weighted by atomic mass is 16.7. The van der Waals surface area contributed by atoms with Crippen molar-refractivity contribution in [3.63, 3.8) is 0 Å². The van der Waals surface area contributed by atoms with Gasteiger partial charge in [0.05, 0.1) is 27.2 Å². The van der Waals surface area contributed by atoms with E-state index in [0.29, 0.717) is 35.2 Å². The normalized spacial score (nSPS) is 23.8. The lowest BCUT2D eigenvalue weighted by atomic mass is 9.72. The fourth-order valence-corrected chi connectivity index (χ4v) is 4.50. The highest BCUT2D eigenvalue weighted by Crippen LogP contribution is 2.55. The van der Waals surface area contributed by atoms with Crippen LogP contribution in [0.15, 0.2) is 24.3 Å². The summed E-state index contributed by atoms with van der Waals surface area (Å²) in [5.74, 6) is 2.31. The summed E-state index contributed by atoms with van der Waals surface area (Å²) in [6.45, 7) is 0.195. The van der Waals surface area contributed by atoms with Gasteiger partial charge < -0.3 is 28.4 Å². The summed E-state index contributed by atoms with van der Waals surface area (Å²) in [6.07, 6.45) is 0.382. The third-order valence-corrected chi connectivity index (χ3v) is 5.74. The van der Waals surface area contributed by atoms with Crippen LogP contribution in [0.1, 0.15) is 35.1 Å². The Labute approximate surface area is 162 Å². The smallest absolute Gasteiger partial charge is 0.310 e. The number of hydrogen-bond donors (Lipinski definition) is 0. The van der Waals surface area contributed by atoms with Crippen molar-refractivity contribution in [1.82, 2.24) is 0 Å². The predicted octanol–water partition coefficient (Wildman–Crippen LogP) is 3.19. The maximum atomic E-state index is 12.6. The first kappa shape index (κ1) is 17.0. The monoisotopic (exact) mass is 384 g/mol. The average molecular weight is 384 g/mol. The Bertz CT molecular complexity index is 942. The highest BCUT2D eigenvalue weighted by molar-refractivity contribution is 5.79. The minimum Gasteiger partial charge on any atom is -0.493 e. The number of carbonyl (C=O) groups is 1. The van der Waals surface area contributed by atoms with E-state index in [4.69, 9.17) is 28.4 Å². The van der Waals surface area contributed by atoms with Crippen LogP contribution in [0.4, 0.5) is 0 Å². The standard InChI is InChI=1S/C21H20O7/c1-23-17-4-10(5-18(24-2)20(17)25-3)19-12-7-16-15(26-9-27-16)6-11(12)14-8-13(19)21(22)28-14/h4-7,13-14,19H,8-9H2,1-3H3. The first-order valence-electron chi connectivity index (χ1n) is 9.08. The summed E-state index contributed by atoms with van der Waals surface area (Å²) in [4.78, 5) is 12.6. The molecule has 0 spiro atoms.